The second-order valence-electron chi connectivity index (χ2n) is 6.97. The standard InChI is InChI=1S/C19H24FNO3/c20-14-7-5-13(6-8-14)11-12-21(15-3-1-2-4-15)18(22)16-9-10-17(16)19(23)24/h5-8,15-17H,1-4,9-12H2,(H,23,24). The van der Waals surface area contributed by atoms with Gasteiger partial charge < -0.3 is 10.0 Å². The van der Waals surface area contributed by atoms with Gasteiger partial charge in [0.15, 0.2) is 0 Å². The molecule has 0 aliphatic heterocycles. The van der Waals surface area contributed by atoms with E-state index in [9.17, 15) is 19.1 Å². The van der Waals surface area contributed by atoms with E-state index in [0.29, 0.717) is 25.8 Å². The minimum absolute atomic E-state index is 0.00246. The van der Waals surface area contributed by atoms with Crippen LogP contribution in [0.15, 0.2) is 24.3 Å². The van der Waals surface area contributed by atoms with Crippen molar-refractivity contribution in [1.82, 2.24) is 4.90 Å². The van der Waals surface area contributed by atoms with Gasteiger partial charge in [-0.1, -0.05) is 25.0 Å². The number of carboxylic acid groups (broad SMARTS) is 1. The lowest BCUT2D eigenvalue weighted by Gasteiger charge is -2.39. The van der Waals surface area contributed by atoms with Gasteiger partial charge in [0.1, 0.15) is 5.82 Å². The summed E-state index contributed by atoms with van der Waals surface area (Å²) in [7, 11) is 0. The molecule has 24 heavy (non-hydrogen) atoms. The molecular weight excluding hydrogens is 309 g/mol. The molecular formula is C19H24FNO3. The lowest BCUT2D eigenvalue weighted by molar-refractivity contribution is -0.157. The number of hydrogen-bond acceptors (Lipinski definition) is 2. The highest BCUT2D eigenvalue weighted by molar-refractivity contribution is 5.86. The highest BCUT2D eigenvalue weighted by Crippen LogP contribution is 2.37. The molecule has 2 saturated carbocycles. The average molecular weight is 333 g/mol. The molecule has 1 amide bonds. The fraction of sp³-hybridized carbons (Fsp3) is 0.579. The molecule has 2 atom stereocenters. The molecule has 0 radical (unpaired) electrons. The van der Waals surface area contributed by atoms with Gasteiger partial charge in [0.25, 0.3) is 0 Å². The summed E-state index contributed by atoms with van der Waals surface area (Å²) in [5.41, 5.74) is 0.996. The van der Waals surface area contributed by atoms with E-state index in [0.717, 1.165) is 31.2 Å². The molecule has 3 rings (SSSR count). The predicted molar refractivity (Wildman–Crippen MR) is 87.9 cm³/mol. The maximum absolute atomic E-state index is 13.0. The van der Waals surface area contributed by atoms with Crippen LogP contribution in [-0.2, 0) is 16.0 Å². The zero-order valence-corrected chi connectivity index (χ0v) is 13.8. The van der Waals surface area contributed by atoms with Crippen molar-refractivity contribution >= 4 is 11.9 Å². The molecule has 1 aromatic rings. The average Bonchev–Trinajstić information content (AvgIpc) is 3.01. The zero-order chi connectivity index (χ0) is 17.1. The Morgan fingerprint density at radius 3 is 2.21 bits per heavy atom. The van der Waals surface area contributed by atoms with Gasteiger partial charge >= 0.3 is 5.97 Å². The summed E-state index contributed by atoms with van der Waals surface area (Å²) < 4.78 is 13.0. The lowest BCUT2D eigenvalue weighted by Crippen LogP contribution is -2.49. The number of carbonyl (C=O) groups excluding carboxylic acids is 1. The minimum atomic E-state index is -0.857. The zero-order valence-electron chi connectivity index (χ0n) is 13.8. The van der Waals surface area contributed by atoms with Crippen LogP contribution in [0.2, 0.25) is 0 Å². The summed E-state index contributed by atoms with van der Waals surface area (Å²) >= 11 is 0. The number of rotatable bonds is 6. The van der Waals surface area contributed by atoms with Crippen molar-refractivity contribution in [3.8, 4) is 0 Å². The van der Waals surface area contributed by atoms with Gasteiger partial charge in [-0.05, 0) is 49.8 Å². The van der Waals surface area contributed by atoms with Crippen LogP contribution in [0, 0.1) is 17.7 Å². The molecule has 0 spiro atoms. The number of hydrogen-bond donors (Lipinski definition) is 1. The van der Waals surface area contributed by atoms with E-state index in [1.807, 2.05) is 4.90 Å². The van der Waals surface area contributed by atoms with Crippen molar-refractivity contribution in [2.24, 2.45) is 11.8 Å². The number of nitrogens with zero attached hydrogens (tertiary/aromatic N) is 1. The second kappa shape index (κ2) is 7.32. The van der Waals surface area contributed by atoms with Crippen LogP contribution in [0.5, 0.6) is 0 Å². The Labute approximate surface area is 141 Å². The molecule has 2 fully saturated rings. The molecule has 1 N–H and O–H groups in total. The van der Waals surface area contributed by atoms with Gasteiger partial charge in [-0.15, -0.1) is 0 Å². The SMILES string of the molecule is O=C(O)C1CCC1C(=O)N(CCc1ccc(F)cc1)C1CCCC1. The van der Waals surface area contributed by atoms with Gasteiger partial charge in [0.2, 0.25) is 5.91 Å². The van der Waals surface area contributed by atoms with Gasteiger partial charge in [-0.2, -0.15) is 0 Å². The van der Waals surface area contributed by atoms with Crippen molar-refractivity contribution in [3.63, 3.8) is 0 Å². The molecule has 2 aliphatic carbocycles. The van der Waals surface area contributed by atoms with Crippen LogP contribution in [0.4, 0.5) is 4.39 Å². The van der Waals surface area contributed by atoms with E-state index in [-0.39, 0.29) is 23.7 Å². The smallest absolute Gasteiger partial charge is 0.307 e. The first kappa shape index (κ1) is 16.9. The van der Waals surface area contributed by atoms with Crippen molar-refractivity contribution in [3.05, 3.63) is 35.6 Å². The molecule has 130 valence electrons. The maximum atomic E-state index is 13.0. The summed E-state index contributed by atoms with van der Waals surface area (Å²) in [6.45, 7) is 0.581. The van der Waals surface area contributed by atoms with E-state index < -0.39 is 11.9 Å². The molecule has 5 heteroatoms. The van der Waals surface area contributed by atoms with Gasteiger partial charge in [0, 0.05) is 12.6 Å². The summed E-state index contributed by atoms with van der Waals surface area (Å²) in [4.78, 5) is 26.1. The summed E-state index contributed by atoms with van der Waals surface area (Å²) in [6.07, 6.45) is 6.19. The van der Waals surface area contributed by atoms with Crippen LogP contribution in [0.1, 0.15) is 44.1 Å². The molecule has 0 saturated heterocycles. The van der Waals surface area contributed by atoms with Gasteiger partial charge in [-0.25, -0.2) is 4.39 Å². The van der Waals surface area contributed by atoms with E-state index in [2.05, 4.69) is 0 Å². The van der Waals surface area contributed by atoms with Crippen LogP contribution < -0.4 is 0 Å². The van der Waals surface area contributed by atoms with Gasteiger partial charge in [-0.3, -0.25) is 9.59 Å². The number of halogens is 1. The van der Waals surface area contributed by atoms with E-state index >= 15 is 0 Å². The molecule has 2 aliphatic rings. The Hall–Kier alpha value is -1.91. The lowest BCUT2D eigenvalue weighted by atomic mass is 9.72. The van der Waals surface area contributed by atoms with Crippen molar-refractivity contribution in [2.45, 2.75) is 51.0 Å². The van der Waals surface area contributed by atoms with Crippen molar-refractivity contribution in [2.75, 3.05) is 6.54 Å². The number of carboxylic acids is 1. The van der Waals surface area contributed by atoms with Crippen molar-refractivity contribution < 1.29 is 19.1 Å². The largest absolute Gasteiger partial charge is 0.481 e. The topological polar surface area (TPSA) is 57.6 Å². The third-order valence-electron chi connectivity index (χ3n) is 5.51. The Morgan fingerprint density at radius 2 is 1.67 bits per heavy atom. The van der Waals surface area contributed by atoms with Crippen LogP contribution in [-0.4, -0.2) is 34.5 Å². The summed E-state index contributed by atoms with van der Waals surface area (Å²) in [5, 5.41) is 9.23. The minimum Gasteiger partial charge on any atom is -0.481 e. The van der Waals surface area contributed by atoms with Crippen molar-refractivity contribution in [1.29, 1.82) is 0 Å². The highest BCUT2D eigenvalue weighted by Gasteiger charge is 2.44. The maximum Gasteiger partial charge on any atom is 0.307 e. The Balaban J connectivity index is 1.67. The Bertz CT molecular complexity index is 595. The fourth-order valence-corrected chi connectivity index (χ4v) is 3.89. The summed E-state index contributed by atoms with van der Waals surface area (Å²) in [6, 6.07) is 6.59. The quantitative estimate of drug-likeness (QED) is 0.869. The molecule has 2 unspecified atom stereocenters. The molecule has 1 aromatic carbocycles. The molecule has 0 aromatic heterocycles. The second-order valence-corrected chi connectivity index (χ2v) is 6.97. The number of carbonyl (C=O) groups is 2. The number of benzene rings is 1. The van der Waals surface area contributed by atoms with Crippen LogP contribution >= 0.6 is 0 Å². The van der Waals surface area contributed by atoms with E-state index in [1.54, 1.807) is 12.1 Å². The normalized spacial score (nSPS) is 23.7. The van der Waals surface area contributed by atoms with E-state index in [4.69, 9.17) is 0 Å². The number of aliphatic carboxylic acids is 1. The highest BCUT2D eigenvalue weighted by atomic mass is 19.1. The third kappa shape index (κ3) is 3.60. The molecule has 0 bridgehead atoms. The number of amides is 1. The molecule has 0 heterocycles. The fourth-order valence-electron chi connectivity index (χ4n) is 3.89. The Morgan fingerprint density at radius 1 is 1.04 bits per heavy atom. The summed E-state index contributed by atoms with van der Waals surface area (Å²) in [5.74, 6) is -2.00. The van der Waals surface area contributed by atoms with E-state index in [1.165, 1.54) is 12.1 Å². The van der Waals surface area contributed by atoms with Crippen LogP contribution in [0.3, 0.4) is 0 Å². The first-order valence-corrected chi connectivity index (χ1v) is 8.84. The monoisotopic (exact) mass is 333 g/mol. The molecule has 4 nitrogen and oxygen atoms in total. The third-order valence-corrected chi connectivity index (χ3v) is 5.51. The first-order valence-electron chi connectivity index (χ1n) is 8.84. The van der Waals surface area contributed by atoms with Crippen LogP contribution in [0.25, 0.3) is 0 Å². The first-order chi connectivity index (χ1) is 11.6. The van der Waals surface area contributed by atoms with Gasteiger partial charge in [0.05, 0.1) is 11.8 Å². The predicted octanol–water partition coefficient (Wildman–Crippen LogP) is 3.25. The Kier molecular flexibility index (Phi) is 5.17.